The molecule has 2 N–H and O–H groups in total. The maximum Gasteiger partial charge on any atom is 0.356 e. The summed E-state index contributed by atoms with van der Waals surface area (Å²) in [4.78, 5) is 12.0. The van der Waals surface area contributed by atoms with Crippen molar-refractivity contribution in [3.63, 3.8) is 0 Å². The molecule has 1 unspecified atom stereocenters. The van der Waals surface area contributed by atoms with Crippen LogP contribution in [0, 0.1) is 0 Å². The molecule has 1 aromatic rings. The fourth-order valence-electron chi connectivity index (χ4n) is 1.89. The van der Waals surface area contributed by atoms with Crippen molar-refractivity contribution < 1.29 is 14.6 Å². The summed E-state index contributed by atoms with van der Waals surface area (Å²) >= 11 is 0. The second-order valence-corrected chi connectivity index (χ2v) is 6.02. The number of rotatable bonds is 7. The molecule has 0 saturated heterocycles. The number of nitrogens with one attached hydrogen (secondary N) is 1. The lowest BCUT2D eigenvalue weighted by molar-refractivity contribution is 0.0503. The molecule has 0 aliphatic carbocycles. The van der Waals surface area contributed by atoms with Crippen molar-refractivity contribution in [1.82, 2.24) is 15.1 Å². The third-order valence-corrected chi connectivity index (χ3v) is 3.04. The summed E-state index contributed by atoms with van der Waals surface area (Å²) in [6.45, 7) is 11.0. The van der Waals surface area contributed by atoms with Crippen LogP contribution in [0.2, 0.25) is 0 Å². The molecule has 1 atom stereocenters. The lowest BCUT2D eigenvalue weighted by atomic mass is 10.1. The number of esters is 1. The van der Waals surface area contributed by atoms with Crippen LogP contribution in [0.1, 0.15) is 57.2 Å². The molecule has 0 radical (unpaired) electrons. The Hall–Kier alpha value is -1.40. The van der Waals surface area contributed by atoms with Crippen molar-refractivity contribution in [2.45, 2.75) is 59.2 Å². The average Bonchev–Trinajstić information content (AvgIpc) is 2.83. The predicted molar refractivity (Wildman–Crippen MR) is 81.2 cm³/mol. The minimum Gasteiger partial charge on any atom is -0.461 e. The Bertz CT molecular complexity index is 463. The molecule has 1 rings (SSSR count). The second-order valence-electron chi connectivity index (χ2n) is 6.02. The third-order valence-electron chi connectivity index (χ3n) is 3.04. The molecule has 6 heteroatoms. The molecule has 0 spiro atoms. The van der Waals surface area contributed by atoms with Gasteiger partial charge in [0.25, 0.3) is 0 Å². The normalized spacial score (nSPS) is 13.2. The Balaban J connectivity index is 2.85. The van der Waals surface area contributed by atoms with E-state index in [0.29, 0.717) is 31.8 Å². The summed E-state index contributed by atoms with van der Waals surface area (Å²) in [6, 6.07) is 1.74. The van der Waals surface area contributed by atoms with Crippen molar-refractivity contribution in [1.29, 1.82) is 0 Å². The summed E-state index contributed by atoms with van der Waals surface area (Å²) in [5.41, 5.74) is 0.914. The topological polar surface area (TPSA) is 76.4 Å². The number of aliphatic hydroxyl groups is 1. The van der Waals surface area contributed by atoms with Gasteiger partial charge >= 0.3 is 5.97 Å². The molecule has 21 heavy (non-hydrogen) atoms. The number of carbonyl (C=O) groups is 1. The molecule has 0 bridgehead atoms. The molecule has 0 aliphatic heterocycles. The summed E-state index contributed by atoms with van der Waals surface area (Å²) in [6.07, 6.45) is 0.344. The zero-order chi connectivity index (χ0) is 16.0. The molecule has 0 fully saturated rings. The SMILES string of the molecule is CCOC(=O)c1cc(CNCC(O)CC)nn1C(C)(C)C. The Morgan fingerprint density at radius 3 is 2.67 bits per heavy atom. The summed E-state index contributed by atoms with van der Waals surface area (Å²) in [7, 11) is 0. The van der Waals surface area contributed by atoms with Gasteiger partial charge in [0, 0.05) is 13.1 Å². The van der Waals surface area contributed by atoms with Crippen LogP contribution in [-0.2, 0) is 16.8 Å². The minimum absolute atomic E-state index is 0.302. The standard InChI is InChI=1S/C15H27N3O3/c1-6-12(19)10-16-9-11-8-13(14(20)21-7-2)18(17-11)15(3,4)5/h8,12,16,19H,6-7,9-10H2,1-5H3. The minimum atomic E-state index is -0.362. The number of aromatic nitrogens is 2. The lowest BCUT2D eigenvalue weighted by Crippen LogP contribution is -2.28. The quantitative estimate of drug-likeness (QED) is 0.749. The molecule has 1 heterocycles. The number of ether oxygens (including phenoxy) is 1. The number of carbonyl (C=O) groups excluding carboxylic acids is 1. The van der Waals surface area contributed by atoms with Gasteiger partial charge in [-0.1, -0.05) is 6.92 Å². The highest BCUT2D eigenvalue weighted by Crippen LogP contribution is 2.18. The summed E-state index contributed by atoms with van der Waals surface area (Å²) in [5.74, 6) is -0.361. The Morgan fingerprint density at radius 1 is 1.48 bits per heavy atom. The van der Waals surface area contributed by atoms with Gasteiger partial charge in [-0.2, -0.15) is 5.10 Å². The van der Waals surface area contributed by atoms with Crippen molar-refractivity contribution >= 4 is 5.97 Å². The molecule has 0 aliphatic rings. The molecule has 0 amide bonds. The Kier molecular flexibility index (Phi) is 6.36. The summed E-state index contributed by atoms with van der Waals surface area (Å²) in [5, 5.41) is 17.1. The first kappa shape index (κ1) is 17.7. The van der Waals surface area contributed by atoms with Crippen LogP contribution in [0.5, 0.6) is 0 Å². The van der Waals surface area contributed by atoms with Crippen LogP contribution in [0.4, 0.5) is 0 Å². The molecular formula is C15H27N3O3. The van der Waals surface area contributed by atoms with E-state index in [1.54, 1.807) is 17.7 Å². The Labute approximate surface area is 126 Å². The maximum absolute atomic E-state index is 12.0. The smallest absolute Gasteiger partial charge is 0.356 e. The van der Waals surface area contributed by atoms with Crippen LogP contribution in [0.25, 0.3) is 0 Å². The summed E-state index contributed by atoms with van der Waals surface area (Å²) < 4.78 is 6.77. The first-order chi connectivity index (χ1) is 9.79. The van der Waals surface area contributed by atoms with Crippen molar-refractivity contribution in [2.75, 3.05) is 13.2 Å². The highest BCUT2D eigenvalue weighted by molar-refractivity contribution is 5.87. The van der Waals surface area contributed by atoms with E-state index in [0.717, 1.165) is 5.69 Å². The number of hydrogen-bond acceptors (Lipinski definition) is 5. The zero-order valence-corrected chi connectivity index (χ0v) is 13.6. The molecule has 120 valence electrons. The average molecular weight is 297 g/mol. The number of aliphatic hydroxyl groups excluding tert-OH is 1. The first-order valence-corrected chi connectivity index (χ1v) is 7.44. The number of hydrogen-bond donors (Lipinski definition) is 2. The van der Waals surface area contributed by atoms with E-state index in [-0.39, 0.29) is 17.6 Å². The van der Waals surface area contributed by atoms with Gasteiger partial charge in [0.2, 0.25) is 0 Å². The molecule has 0 aromatic carbocycles. The van der Waals surface area contributed by atoms with Crippen molar-refractivity contribution in [2.24, 2.45) is 0 Å². The van der Waals surface area contributed by atoms with E-state index < -0.39 is 0 Å². The Morgan fingerprint density at radius 2 is 2.14 bits per heavy atom. The molecule has 1 aromatic heterocycles. The lowest BCUT2D eigenvalue weighted by Gasteiger charge is -2.21. The van der Waals surface area contributed by atoms with Crippen LogP contribution in [0.3, 0.4) is 0 Å². The van der Waals surface area contributed by atoms with Gasteiger partial charge in [-0.25, -0.2) is 4.79 Å². The molecular weight excluding hydrogens is 270 g/mol. The van der Waals surface area contributed by atoms with Crippen LogP contribution in [0.15, 0.2) is 6.07 Å². The van der Waals surface area contributed by atoms with Gasteiger partial charge in [-0.05, 0) is 40.2 Å². The zero-order valence-electron chi connectivity index (χ0n) is 13.6. The van der Waals surface area contributed by atoms with E-state index >= 15 is 0 Å². The highest BCUT2D eigenvalue weighted by atomic mass is 16.5. The van der Waals surface area contributed by atoms with E-state index in [1.165, 1.54) is 0 Å². The van der Waals surface area contributed by atoms with Gasteiger partial charge in [0.15, 0.2) is 0 Å². The predicted octanol–water partition coefficient (Wildman–Crippen LogP) is 1.68. The fourth-order valence-corrected chi connectivity index (χ4v) is 1.89. The largest absolute Gasteiger partial charge is 0.461 e. The van der Waals surface area contributed by atoms with E-state index in [9.17, 15) is 9.90 Å². The van der Waals surface area contributed by atoms with Crippen LogP contribution >= 0.6 is 0 Å². The van der Waals surface area contributed by atoms with Gasteiger partial charge in [-0.3, -0.25) is 4.68 Å². The van der Waals surface area contributed by atoms with Gasteiger partial charge in [0.05, 0.1) is 23.9 Å². The van der Waals surface area contributed by atoms with E-state index in [1.807, 2.05) is 27.7 Å². The second kappa shape index (κ2) is 7.56. The van der Waals surface area contributed by atoms with Gasteiger partial charge in [0.1, 0.15) is 5.69 Å². The van der Waals surface area contributed by atoms with E-state index in [4.69, 9.17) is 4.74 Å². The molecule has 0 saturated carbocycles. The highest BCUT2D eigenvalue weighted by Gasteiger charge is 2.24. The van der Waals surface area contributed by atoms with Crippen molar-refractivity contribution in [3.8, 4) is 0 Å². The van der Waals surface area contributed by atoms with Gasteiger partial charge < -0.3 is 15.2 Å². The number of nitrogens with zero attached hydrogens (tertiary/aromatic N) is 2. The maximum atomic E-state index is 12.0. The monoisotopic (exact) mass is 297 g/mol. The van der Waals surface area contributed by atoms with Crippen LogP contribution in [-0.4, -0.2) is 40.1 Å². The van der Waals surface area contributed by atoms with E-state index in [2.05, 4.69) is 10.4 Å². The fraction of sp³-hybridized carbons (Fsp3) is 0.733. The third kappa shape index (κ3) is 5.13. The van der Waals surface area contributed by atoms with Crippen molar-refractivity contribution in [3.05, 3.63) is 17.5 Å². The van der Waals surface area contributed by atoms with Gasteiger partial charge in [-0.15, -0.1) is 0 Å². The first-order valence-electron chi connectivity index (χ1n) is 7.44. The molecule has 6 nitrogen and oxygen atoms in total. The van der Waals surface area contributed by atoms with Crippen LogP contribution < -0.4 is 5.32 Å².